The van der Waals surface area contributed by atoms with E-state index in [0.29, 0.717) is 17.2 Å². The minimum absolute atomic E-state index is 0.0330. The van der Waals surface area contributed by atoms with Crippen LogP contribution in [0.25, 0.3) is 0 Å². The quantitative estimate of drug-likeness (QED) is 0.635. The smallest absolute Gasteiger partial charge is 0.293 e. The van der Waals surface area contributed by atoms with E-state index in [1.165, 1.54) is 6.07 Å². The fraction of sp³-hybridized carbons (Fsp3) is 0.500. The summed E-state index contributed by atoms with van der Waals surface area (Å²) >= 11 is 0. The van der Waals surface area contributed by atoms with Gasteiger partial charge in [0.15, 0.2) is 0 Å². The van der Waals surface area contributed by atoms with Crippen LogP contribution in [0.3, 0.4) is 0 Å². The summed E-state index contributed by atoms with van der Waals surface area (Å²) < 4.78 is 0. The number of benzene rings is 1. The van der Waals surface area contributed by atoms with Gasteiger partial charge in [0.05, 0.1) is 16.6 Å². The van der Waals surface area contributed by atoms with E-state index < -0.39 is 4.92 Å². The summed E-state index contributed by atoms with van der Waals surface area (Å²) in [5, 5.41) is 26.2. The number of nitrogens with zero attached hydrogens (tertiary/aromatic N) is 2. The van der Waals surface area contributed by atoms with Crippen molar-refractivity contribution in [3.8, 4) is 6.07 Å². The van der Waals surface area contributed by atoms with Gasteiger partial charge in [-0.05, 0) is 50.4 Å². The van der Waals surface area contributed by atoms with Gasteiger partial charge in [0.25, 0.3) is 5.69 Å². The molecular formula is C14H18N4O2. The van der Waals surface area contributed by atoms with E-state index in [0.717, 1.165) is 38.9 Å². The Labute approximate surface area is 117 Å². The SMILES string of the molecule is N#Cc1ccc(NCCC2CCNCC2)c([N+](=O)[O-])c1. The molecule has 0 spiro atoms. The van der Waals surface area contributed by atoms with Crippen LogP contribution in [0, 0.1) is 27.4 Å². The lowest BCUT2D eigenvalue weighted by Crippen LogP contribution is -2.28. The molecule has 1 aromatic carbocycles. The fourth-order valence-corrected chi connectivity index (χ4v) is 2.48. The van der Waals surface area contributed by atoms with E-state index in [9.17, 15) is 10.1 Å². The molecule has 0 aromatic heterocycles. The van der Waals surface area contributed by atoms with Crippen LogP contribution in [0.5, 0.6) is 0 Å². The van der Waals surface area contributed by atoms with Gasteiger partial charge < -0.3 is 10.6 Å². The van der Waals surface area contributed by atoms with Gasteiger partial charge in [-0.25, -0.2) is 0 Å². The van der Waals surface area contributed by atoms with Crippen LogP contribution in [-0.2, 0) is 0 Å². The first-order valence-electron chi connectivity index (χ1n) is 6.84. The maximum absolute atomic E-state index is 11.0. The summed E-state index contributed by atoms with van der Waals surface area (Å²) in [5.74, 6) is 0.682. The van der Waals surface area contributed by atoms with Gasteiger partial charge in [-0.3, -0.25) is 10.1 Å². The molecule has 1 fully saturated rings. The van der Waals surface area contributed by atoms with Crippen LogP contribution < -0.4 is 10.6 Å². The minimum Gasteiger partial charge on any atom is -0.379 e. The molecule has 0 radical (unpaired) electrons. The summed E-state index contributed by atoms with van der Waals surface area (Å²) in [6.07, 6.45) is 3.34. The molecule has 1 aliphatic heterocycles. The van der Waals surface area contributed by atoms with E-state index >= 15 is 0 Å². The highest BCUT2D eigenvalue weighted by atomic mass is 16.6. The fourth-order valence-electron chi connectivity index (χ4n) is 2.48. The largest absolute Gasteiger partial charge is 0.379 e. The van der Waals surface area contributed by atoms with Crippen LogP contribution in [0.2, 0.25) is 0 Å². The maximum Gasteiger partial charge on any atom is 0.293 e. The number of hydrogen-bond donors (Lipinski definition) is 2. The minimum atomic E-state index is -0.451. The van der Waals surface area contributed by atoms with Crippen molar-refractivity contribution in [1.82, 2.24) is 5.32 Å². The van der Waals surface area contributed by atoms with Gasteiger partial charge in [-0.15, -0.1) is 0 Å². The average Bonchev–Trinajstić information content (AvgIpc) is 2.48. The number of nitrogens with one attached hydrogen (secondary N) is 2. The van der Waals surface area contributed by atoms with Crippen molar-refractivity contribution in [2.45, 2.75) is 19.3 Å². The van der Waals surface area contributed by atoms with Gasteiger partial charge >= 0.3 is 0 Å². The monoisotopic (exact) mass is 274 g/mol. The van der Waals surface area contributed by atoms with Crippen molar-refractivity contribution in [2.24, 2.45) is 5.92 Å². The zero-order valence-corrected chi connectivity index (χ0v) is 11.3. The molecule has 1 saturated heterocycles. The molecule has 0 saturated carbocycles. The zero-order valence-electron chi connectivity index (χ0n) is 11.3. The third kappa shape index (κ3) is 3.68. The van der Waals surface area contributed by atoms with E-state index in [-0.39, 0.29) is 5.69 Å². The van der Waals surface area contributed by atoms with E-state index in [1.54, 1.807) is 12.1 Å². The lowest BCUT2D eigenvalue weighted by Gasteiger charge is -2.22. The van der Waals surface area contributed by atoms with Crippen molar-refractivity contribution in [1.29, 1.82) is 5.26 Å². The second-order valence-corrected chi connectivity index (χ2v) is 5.01. The lowest BCUT2D eigenvalue weighted by atomic mass is 9.95. The Bertz CT molecular complexity index is 518. The first-order chi connectivity index (χ1) is 9.70. The van der Waals surface area contributed by atoms with Crippen LogP contribution in [0.15, 0.2) is 18.2 Å². The normalized spacial score (nSPS) is 15.6. The number of nitriles is 1. The zero-order chi connectivity index (χ0) is 14.4. The Balaban J connectivity index is 1.94. The lowest BCUT2D eigenvalue weighted by molar-refractivity contribution is -0.384. The molecule has 2 rings (SSSR count). The van der Waals surface area contributed by atoms with Gasteiger partial charge in [-0.1, -0.05) is 0 Å². The topological polar surface area (TPSA) is 91.0 Å². The highest BCUT2D eigenvalue weighted by Gasteiger charge is 2.16. The Morgan fingerprint density at radius 1 is 1.45 bits per heavy atom. The van der Waals surface area contributed by atoms with Crippen LogP contribution in [-0.4, -0.2) is 24.6 Å². The molecule has 6 nitrogen and oxygen atoms in total. The van der Waals surface area contributed by atoms with Gasteiger partial charge in [0.1, 0.15) is 5.69 Å². The molecule has 0 atom stereocenters. The molecule has 1 aliphatic rings. The molecule has 0 bridgehead atoms. The molecule has 1 heterocycles. The molecule has 20 heavy (non-hydrogen) atoms. The van der Waals surface area contributed by atoms with Gasteiger partial charge in [0.2, 0.25) is 0 Å². The molecule has 0 unspecified atom stereocenters. The second kappa shape index (κ2) is 6.87. The van der Waals surface area contributed by atoms with Crippen LogP contribution in [0.4, 0.5) is 11.4 Å². The van der Waals surface area contributed by atoms with Crippen molar-refractivity contribution in [3.63, 3.8) is 0 Å². The summed E-state index contributed by atoms with van der Waals surface area (Å²) in [4.78, 5) is 10.6. The van der Waals surface area contributed by atoms with Crippen molar-refractivity contribution >= 4 is 11.4 Å². The molecule has 106 valence electrons. The van der Waals surface area contributed by atoms with Crippen molar-refractivity contribution in [2.75, 3.05) is 25.0 Å². The van der Waals surface area contributed by atoms with Crippen LogP contribution in [0.1, 0.15) is 24.8 Å². The Morgan fingerprint density at radius 2 is 2.20 bits per heavy atom. The Hall–Kier alpha value is -2.13. The first-order valence-corrected chi connectivity index (χ1v) is 6.84. The number of nitro benzene ring substituents is 1. The van der Waals surface area contributed by atoms with Crippen molar-refractivity contribution in [3.05, 3.63) is 33.9 Å². The summed E-state index contributed by atoms with van der Waals surface area (Å²) in [7, 11) is 0. The standard InChI is InChI=1S/C14H18N4O2/c15-10-12-1-2-13(14(9-12)18(19)20)17-8-5-11-3-6-16-7-4-11/h1-2,9,11,16-17H,3-8H2. The predicted molar refractivity (Wildman–Crippen MR) is 76.5 cm³/mol. The summed E-state index contributed by atoms with van der Waals surface area (Å²) in [5.41, 5.74) is 0.762. The third-order valence-corrected chi connectivity index (χ3v) is 3.65. The number of anilines is 1. The van der Waals surface area contributed by atoms with Crippen molar-refractivity contribution < 1.29 is 4.92 Å². The van der Waals surface area contributed by atoms with Gasteiger partial charge in [0, 0.05) is 12.6 Å². The van der Waals surface area contributed by atoms with E-state index in [4.69, 9.17) is 5.26 Å². The predicted octanol–water partition coefficient (Wildman–Crippen LogP) is 2.27. The molecular weight excluding hydrogens is 256 g/mol. The number of nitro groups is 1. The average molecular weight is 274 g/mol. The van der Waals surface area contributed by atoms with Crippen LogP contribution >= 0.6 is 0 Å². The summed E-state index contributed by atoms with van der Waals surface area (Å²) in [6, 6.07) is 6.44. The Morgan fingerprint density at radius 3 is 2.85 bits per heavy atom. The molecule has 1 aromatic rings. The first kappa shape index (κ1) is 14.3. The number of hydrogen-bond acceptors (Lipinski definition) is 5. The molecule has 0 amide bonds. The molecule has 6 heteroatoms. The molecule has 2 N–H and O–H groups in total. The number of piperidine rings is 1. The highest BCUT2D eigenvalue weighted by molar-refractivity contribution is 5.63. The van der Waals surface area contributed by atoms with E-state index in [2.05, 4.69) is 10.6 Å². The maximum atomic E-state index is 11.0. The Kier molecular flexibility index (Phi) is 4.91. The molecule has 0 aliphatic carbocycles. The van der Waals surface area contributed by atoms with E-state index in [1.807, 2.05) is 6.07 Å². The third-order valence-electron chi connectivity index (χ3n) is 3.65. The number of rotatable bonds is 5. The second-order valence-electron chi connectivity index (χ2n) is 5.01. The highest BCUT2D eigenvalue weighted by Crippen LogP contribution is 2.26. The van der Waals surface area contributed by atoms with Gasteiger partial charge in [-0.2, -0.15) is 5.26 Å². The summed E-state index contributed by atoms with van der Waals surface area (Å²) in [6.45, 7) is 2.83.